The number of aliphatic hydroxyl groups excluding tert-OH is 3. The fraction of sp³-hybridized carbons (Fsp3) is 0.538. The van der Waals surface area contributed by atoms with Crippen molar-refractivity contribution >= 4 is 23.3 Å². The van der Waals surface area contributed by atoms with Crippen LogP contribution in [0.4, 0.5) is 5.82 Å². The summed E-state index contributed by atoms with van der Waals surface area (Å²) in [5.74, 6) is 0.212. The van der Waals surface area contributed by atoms with Crippen molar-refractivity contribution in [2.75, 3.05) is 20.7 Å². The molecule has 0 amide bonds. The average Bonchev–Trinajstić information content (AvgIpc) is 3.07. The first-order valence-corrected chi connectivity index (χ1v) is 7.22. The number of hydrogen-bond acceptors (Lipinski definition) is 8. The van der Waals surface area contributed by atoms with Crippen LogP contribution in [0.15, 0.2) is 16.1 Å². The molecule has 2 aromatic heterocycles. The number of imidazole rings is 1. The monoisotopic (exact) mass is 338 g/mol. The van der Waals surface area contributed by atoms with Crippen LogP contribution in [0.5, 0.6) is 0 Å². The average molecular weight is 338 g/mol. The van der Waals surface area contributed by atoms with Gasteiger partial charge in [-0.2, -0.15) is 4.98 Å². The highest BCUT2D eigenvalue weighted by Gasteiger charge is 2.44. The van der Waals surface area contributed by atoms with Crippen LogP contribution in [0.3, 0.4) is 0 Å². The third-order valence-corrected chi connectivity index (χ3v) is 3.63. The third-order valence-electron chi connectivity index (χ3n) is 3.63. The zero-order valence-electron chi connectivity index (χ0n) is 13.1. The zero-order valence-corrected chi connectivity index (χ0v) is 13.1. The molecule has 1 aliphatic heterocycles. The molecule has 4 atom stereocenters. The summed E-state index contributed by atoms with van der Waals surface area (Å²) >= 11 is 0. The maximum absolute atomic E-state index is 11.8. The molecule has 11 heteroatoms. The van der Waals surface area contributed by atoms with E-state index in [4.69, 9.17) is 4.74 Å². The Morgan fingerprint density at radius 1 is 1.46 bits per heavy atom. The molecule has 130 valence electrons. The molecule has 2 aromatic rings. The molecule has 1 aliphatic rings. The van der Waals surface area contributed by atoms with E-state index in [1.807, 2.05) is 0 Å². The zero-order chi connectivity index (χ0) is 17.4. The fourth-order valence-corrected chi connectivity index (χ4v) is 2.48. The van der Waals surface area contributed by atoms with Crippen molar-refractivity contribution in [2.24, 2.45) is 4.99 Å². The standard InChI is InChI=1S/C13H18N6O5/c1-18(2)4-15-10-7-11(17-13(23)16-10)19(5-14-7)12-9(22)8(21)6(3-20)24-12/h4-6,8-9,12,20-22H,3H2,1-2H3,(H,16,17,23)/b15-4+. The summed E-state index contributed by atoms with van der Waals surface area (Å²) in [5, 5.41) is 29.2. The van der Waals surface area contributed by atoms with Gasteiger partial charge in [0.25, 0.3) is 0 Å². The molecule has 24 heavy (non-hydrogen) atoms. The summed E-state index contributed by atoms with van der Waals surface area (Å²) in [5.41, 5.74) is -0.174. The highest BCUT2D eigenvalue weighted by atomic mass is 16.6. The number of fused-ring (bicyclic) bond motifs is 1. The number of nitrogens with zero attached hydrogens (tertiary/aromatic N) is 5. The van der Waals surface area contributed by atoms with E-state index in [0.29, 0.717) is 5.52 Å². The molecule has 0 radical (unpaired) electrons. The van der Waals surface area contributed by atoms with Crippen molar-refractivity contribution in [3.8, 4) is 0 Å². The van der Waals surface area contributed by atoms with E-state index >= 15 is 0 Å². The van der Waals surface area contributed by atoms with Gasteiger partial charge in [0.15, 0.2) is 23.2 Å². The molecule has 0 aromatic carbocycles. The van der Waals surface area contributed by atoms with Gasteiger partial charge in [0.2, 0.25) is 0 Å². The minimum Gasteiger partial charge on any atom is -0.394 e. The first-order valence-electron chi connectivity index (χ1n) is 7.22. The summed E-state index contributed by atoms with van der Waals surface area (Å²) in [6.45, 7) is -0.451. The maximum atomic E-state index is 11.8. The number of hydrogen-bond donors (Lipinski definition) is 4. The van der Waals surface area contributed by atoms with E-state index in [1.54, 1.807) is 19.0 Å². The molecule has 3 heterocycles. The molecule has 4 unspecified atom stereocenters. The van der Waals surface area contributed by atoms with Crippen LogP contribution in [0.2, 0.25) is 0 Å². The summed E-state index contributed by atoms with van der Waals surface area (Å²) in [7, 11) is 3.55. The predicted molar refractivity (Wildman–Crippen MR) is 83.0 cm³/mol. The van der Waals surface area contributed by atoms with Gasteiger partial charge in [0, 0.05) is 14.1 Å². The lowest BCUT2D eigenvalue weighted by Gasteiger charge is -2.16. The van der Waals surface area contributed by atoms with Crippen LogP contribution >= 0.6 is 0 Å². The van der Waals surface area contributed by atoms with Crippen molar-refractivity contribution in [3.63, 3.8) is 0 Å². The molecule has 4 N–H and O–H groups in total. The minimum absolute atomic E-state index is 0.152. The Morgan fingerprint density at radius 2 is 2.21 bits per heavy atom. The minimum atomic E-state index is -1.30. The van der Waals surface area contributed by atoms with Gasteiger partial charge < -0.3 is 25.0 Å². The predicted octanol–water partition coefficient (Wildman–Crippen LogP) is -2.05. The second kappa shape index (κ2) is 6.28. The molecule has 0 aliphatic carbocycles. The molecular weight excluding hydrogens is 320 g/mol. The van der Waals surface area contributed by atoms with E-state index in [9.17, 15) is 20.1 Å². The fourth-order valence-electron chi connectivity index (χ4n) is 2.48. The molecule has 1 fully saturated rings. The van der Waals surface area contributed by atoms with Gasteiger partial charge in [0.1, 0.15) is 18.3 Å². The van der Waals surface area contributed by atoms with Crippen molar-refractivity contribution in [2.45, 2.75) is 24.5 Å². The van der Waals surface area contributed by atoms with Gasteiger partial charge in [-0.1, -0.05) is 0 Å². The van der Waals surface area contributed by atoms with Crippen molar-refractivity contribution in [1.82, 2.24) is 24.4 Å². The smallest absolute Gasteiger partial charge is 0.348 e. The normalized spacial score (nSPS) is 27.4. The Morgan fingerprint density at radius 3 is 2.83 bits per heavy atom. The van der Waals surface area contributed by atoms with Crippen LogP contribution < -0.4 is 5.69 Å². The lowest BCUT2D eigenvalue weighted by Crippen LogP contribution is -2.33. The second-order valence-electron chi connectivity index (χ2n) is 5.65. The number of rotatable bonds is 4. The SMILES string of the molecule is CN(C)/C=N/c1[nH]c(=O)nc2c1ncn2C1OC(CO)C(O)C1O. The van der Waals surface area contributed by atoms with Gasteiger partial charge in [-0.3, -0.25) is 9.55 Å². The molecule has 1 saturated heterocycles. The van der Waals surface area contributed by atoms with Gasteiger partial charge in [-0.05, 0) is 0 Å². The van der Waals surface area contributed by atoms with Crippen LogP contribution in [0.1, 0.15) is 6.23 Å². The first-order chi connectivity index (χ1) is 11.4. The highest BCUT2D eigenvalue weighted by Crippen LogP contribution is 2.32. The largest absolute Gasteiger partial charge is 0.394 e. The van der Waals surface area contributed by atoms with Gasteiger partial charge in [0.05, 0.1) is 19.3 Å². The number of aliphatic imine (C=N–C) groups is 1. The van der Waals surface area contributed by atoms with Crippen LogP contribution in [0, 0.1) is 0 Å². The Kier molecular flexibility index (Phi) is 4.32. The molecule has 0 spiro atoms. The van der Waals surface area contributed by atoms with Crippen molar-refractivity contribution in [1.29, 1.82) is 0 Å². The van der Waals surface area contributed by atoms with E-state index in [0.717, 1.165) is 0 Å². The summed E-state index contributed by atoms with van der Waals surface area (Å²) in [4.78, 5) is 28.1. The number of ether oxygens (including phenoxy) is 1. The molecular formula is C13H18N6O5. The second-order valence-corrected chi connectivity index (χ2v) is 5.65. The molecule has 0 saturated carbocycles. The summed E-state index contributed by atoms with van der Waals surface area (Å²) < 4.78 is 6.78. The number of nitrogens with one attached hydrogen (secondary N) is 1. The Bertz CT molecular complexity index is 815. The third kappa shape index (κ3) is 2.78. The molecule has 11 nitrogen and oxygen atoms in total. The Balaban J connectivity index is 2.07. The van der Waals surface area contributed by atoms with Gasteiger partial charge >= 0.3 is 5.69 Å². The first kappa shape index (κ1) is 16.5. The van der Waals surface area contributed by atoms with Gasteiger partial charge in [-0.25, -0.2) is 14.8 Å². The van der Waals surface area contributed by atoms with Crippen molar-refractivity contribution in [3.05, 3.63) is 16.8 Å². The Labute approximate surface area is 135 Å². The van der Waals surface area contributed by atoms with Crippen LogP contribution in [-0.2, 0) is 4.74 Å². The van der Waals surface area contributed by atoms with Crippen LogP contribution in [0.25, 0.3) is 11.2 Å². The number of aromatic nitrogens is 4. The number of H-pyrrole nitrogens is 1. The number of aromatic amines is 1. The lowest BCUT2D eigenvalue weighted by atomic mass is 10.1. The van der Waals surface area contributed by atoms with E-state index in [1.165, 1.54) is 17.2 Å². The summed E-state index contributed by atoms with van der Waals surface area (Å²) in [6, 6.07) is 0. The topological polar surface area (TPSA) is 149 Å². The Hall–Kier alpha value is -2.34. The summed E-state index contributed by atoms with van der Waals surface area (Å²) in [6.07, 6.45) is -1.69. The number of aliphatic hydroxyl groups is 3. The molecule has 0 bridgehead atoms. The van der Waals surface area contributed by atoms with Crippen molar-refractivity contribution < 1.29 is 20.1 Å². The van der Waals surface area contributed by atoms with Gasteiger partial charge in [-0.15, -0.1) is 0 Å². The quantitative estimate of drug-likeness (QED) is 0.368. The van der Waals surface area contributed by atoms with Crippen LogP contribution in [-0.4, -0.2) is 85.1 Å². The molecule has 3 rings (SSSR count). The lowest BCUT2D eigenvalue weighted by molar-refractivity contribution is -0.0511. The van der Waals surface area contributed by atoms with E-state index in [2.05, 4.69) is 19.9 Å². The van der Waals surface area contributed by atoms with E-state index < -0.39 is 36.8 Å². The van der Waals surface area contributed by atoms with E-state index in [-0.39, 0.29) is 11.5 Å². The highest BCUT2D eigenvalue weighted by molar-refractivity contribution is 5.82. The maximum Gasteiger partial charge on any atom is 0.348 e.